The maximum Gasteiger partial charge on any atom is 0.354 e. The molecule has 0 aromatic carbocycles. The van der Waals surface area contributed by atoms with Crippen molar-refractivity contribution in [2.75, 3.05) is 14.2 Å². The van der Waals surface area contributed by atoms with E-state index in [0.29, 0.717) is 11.4 Å². The molecule has 0 saturated carbocycles. The predicted octanol–water partition coefficient (Wildman–Crippen LogP) is 6.08. The molecule has 4 aromatic rings. The smallest absolute Gasteiger partial charge is 0.354 e. The molecule has 0 bridgehead atoms. The third-order valence-corrected chi connectivity index (χ3v) is 8.79. The summed E-state index contributed by atoms with van der Waals surface area (Å²) in [5.74, 6) is -0.640. The molecule has 1 aliphatic rings. The highest BCUT2D eigenvalue weighted by molar-refractivity contribution is 7.19. The first kappa shape index (κ1) is 22.0. The van der Waals surface area contributed by atoms with E-state index in [0.717, 1.165) is 39.7 Å². The van der Waals surface area contributed by atoms with E-state index < -0.39 is 0 Å². The summed E-state index contributed by atoms with van der Waals surface area (Å²) in [6.07, 6.45) is 3.07. The molecule has 4 heterocycles. The van der Waals surface area contributed by atoms with Crippen molar-refractivity contribution < 1.29 is 19.1 Å². The summed E-state index contributed by atoms with van der Waals surface area (Å²) in [5.41, 5.74) is 8.50. The van der Waals surface area contributed by atoms with E-state index in [-0.39, 0.29) is 11.9 Å². The second kappa shape index (κ2) is 7.88. The molecule has 4 aromatic heterocycles. The molecule has 0 fully saturated rings. The fourth-order valence-electron chi connectivity index (χ4n) is 5.26. The predicted molar refractivity (Wildman–Crippen MR) is 134 cm³/mol. The van der Waals surface area contributed by atoms with Gasteiger partial charge in [0.15, 0.2) is 0 Å². The number of allylic oxidation sites excluding steroid dienone is 2. The first-order valence-corrected chi connectivity index (χ1v) is 12.5. The summed E-state index contributed by atoms with van der Waals surface area (Å²) in [5, 5.41) is 0. The quantitative estimate of drug-likeness (QED) is 0.331. The summed E-state index contributed by atoms with van der Waals surface area (Å²) in [6, 6.07) is 3.87. The molecule has 0 radical (unpaired) electrons. The molecule has 0 spiro atoms. The minimum atomic E-state index is -0.320. The first-order valence-electron chi connectivity index (χ1n) is 10.9. The summed E-state index contributed by atoms with van der Waals surface area (Å²) >= 11 is 3.45. The molecular formula is C25H26N2O4S2. The van der Waals surface area contributed by atoms with Crippen molar-refractivity contribution in [3.8, 4) is 0 Å². The van der Waals surface area contributed by atoms with E-state index in [1.54, 1.807) is 22.7 Å². The third-order valence-electron chi connectivity index (χ3n) is 6.71. The molecule has 8 heteroatoms. The lowest BCUT2D eigenvalue weighted by atomic mass is 9.96. The van der Waals surface area contributed by atoms with Crippen LogP contribution in [0.4, 0.5) is 0 Å². The topological polar surface area (TPSA) is 62.5 Å². The number of rotatable bonds is 4. The maximum absolute atomic E-state index is 12.3. The lowest BCUT2D eigenvalue weighted by Gasteiger charge is -2.12. The number of fused-ring (bicyclic) bond motifs is 2. The van der Waals surface area contributed by atoms with Crippen LogP contribution in [0.2, 0.25) is 0 Å². The van der Waals surface area contributed by atoms with Crippen LogP contribution in [0.25, 0.3) is 31.6 Å². The number of carbonyl (C=O) groups excluding carboxylic acids is 2. The summed E-state index contributed by atoms with van der Waals surface area (Å²) in [6.45, 7) is 4.32. The van der Waals surface area contributed by atoms with Gasteiger partial charge < -0.3 is 18.6 Å². The van der Waals surface area contributed by atoms with Gasteiger partial charge in [-0.15, -0.1) is 22.7 Å². The highest BCUT2D eigenvalue weighted by Gasteiger charge is 2.29. The minimum Gasteiger partial charge on any atom is -0.464 e. The molecular weight excluding hydrogens is 456 g/mol. The number of nitrogens with zero attached hydrogens (tertiary/aromatic N) is 2. The molecule has 33 heavy (non-hydrogen) atoms. The van der Waals surface area contributed by atoms with Gasteiger partial charge in [-0.25, -0.2) is 9.59 Å². The number of methoxy groups -OCH3 is 2. The van der Waals surface area contributed by atoms with Gasteiger partial charge in [0.05, 0.1) is 34.7 Å². The number of aromatic nitrogens is 2. The Hall–Kier alpha value is -2.84. The number of hydrogen-bond donors (Lipinski definition) is 0. The molecule has 0 N–H and O–H groups in total. The summed E-state index contributed by atoms with van der Waals surface area (Å²) < 4.78 is 16.1. The van der Waals surface area contributed by atoms with Crippen molar-refractivity contribution >= 4 is 66.2 Å². The molecule has 6 nitrogen and oxygen atoms in total. The Labute approximate surface area is 200 Å². The van der Waals surface area contributed by atoms with E-state index in [1.165, 1.54) is 46.2 Å². The van der Waals surface area contributed by atoms with E-state index >= 15 is 0 Å². The van der Waals surface area contributed by atoms with Crippen molar-refractivity contribution in [2.24, 2.45) is 14.1 Å². The van der Waals surface area contributed by atoms with E-state index in [1.807, 2.05) is 35.4 Å². The van der Waals surface area contributed by atoms with Gasteiger partial charge in [0.1, 0.15) is 11.4 Å². The Morgan fingerprint density at radius 3 is 1.55 bits per heavy atom. The summed E-state index contributed by atoms with van der Waals surface area (Å²) in [4.78, 5) is 27.1. The highest BCUT2D eigenvalue weighted by atomic mass is 32.1. The minimum absolute atomic E-state index is 0.320. The van der Waals surface area contributed by atoms with Gasteiger partial charge >= 0.3 is 11.9 Å². The van der Waals surface area contributed by atoms with Crippen LogP contribution in [0.15, 0.2) is 12.1 Å². The number of ether oxygens (including phenoxy) is 2. The third kappa shape index (κ3) is 3.11. The molecule has 0 atom stereocenters. The molecule has 1 aliphatic carbocycles. The van der Waals surface area contributed by atoms with Gasteiger partial charge in [0, 0.05) is 35.0 Å². The Kier molecular flexibility index (Phi) is 5.25. The van der Waals surface area contributed by atoms with E-state index in [2.05, 4.69) is 13.8 Å². The van der Waals surface area contributed by atoms with Crippen molar-refractivity contribution in [3.05, 3.63) is 44.4 Å². The number of hydrogen-bond acceptors (Lipinski definition) is 6. The lowest BCUT2D eigenvalue weighted by molar-refractivity contribution is 0.0581. The molecule has 172 valence electrons. The zero-order valence-electron chi connectivity index (χ0n) is 19.6. The summed E-state index contributed by atoms with van der Waals surface area (Å²) in [7, 11) is 6.71. The van der Waals surface area contributed by atoms with Crippen LogP contribution in [0.5, 0.6) is 0 Å². The SMILES string of the molecule is COC(=O)c1cc2sc(C)c(C3=C(c4c(C)sc5cc(C(=O)OC)n(C)c45)CCC3)c2n1C. The van der Waals surface area contributed by atoms with Gasteiger partial charge in [0.2, 0.25) is 0 Å². The highest BCUT2D eigenvalue weighted by Crippen LogP contribution is 2.49. The maximum atomic E-state index is 12.3. The van der Waals surface area contributed by atoms with Gasteiger partial charge in [0.25, 0.3) is 0 Å². The lowest BCUT2D eigenvalue weighted by Crippen LogP contribution is -2.08. The second-order valence-corrected chi connectivity index (χ2v) is 11.0. The number of thiophene rings is 2. The Bertz CT molecular complexity index is 1380. The molecule has 0 aliphatic heterocycles. The van der Waals surface area contributed by atoms with Crippen LogP contribution < -0.4 is 0 Å². The second-order valence-electron chi connectivity index (χ2n) is 8.46. The average Bonchev–Trinajstić information content (AvgIpc) is 3.57. The first-order chi connectivity index (χ1) is 15.8. The number of aryl methyl sites for hydroxylation is 4. The van der Waals surface area contributed by atoms with Crippen molar-refractivity contribution in [3.63, 3.8) is 0 Å². The Morgan fingerprint density at radius 2 is 1.18 bits per heavy atom. The van der Waals surface area contributed by atoms with Gasteiger partial charge in [-0.05, 0) is 56.4 Å². The van der Waals surface area contributed by atoms with Crippen LogP contribution in [-0.4, -0.2) is 35.3 Å². The Morgan fingerprint density at radius 1 is 0.788 bits per heavy atom. The van der Waals surface area contributed by atoms with Crippen molar-refractivity contribution in [2.45, 2.75) is 33.1 Å². The number of esters is 2. The standard InChI is InChI=1S/C25H26N2O4S2/c1-12-20(22-18(32-12)10-16(26(22)3)24(28)30-5)14-8-7-9-15(14)21-13(2)33-19-11-17(25(29)31-6)27(4)23(19)21/h10-11H,7-9H2,1-6H3. The average molecular weight is 483 g/mol. The van der Waals surface area contributed by atoms with E-state index in [9.17, 15) is 9.59 Å². The largest absolute Gasteiger partial charge is 0.464 e. The normalized spacial score (nSPS) is 14.1. The van der Waals surface area contributed by atoms with Crippen LogP contribution in [-0.2, 0) is 23.6 Å². The fraction of sp³-hybridized carbons (Fsp3) is 0.360. The van der Waals surface area contributed by atoms with Crippen LogP contribution in [0, 0.1) is 13.8 Å². The van der Waals surface area contributed by atoms with Crippen LogP contribution >= 0.6 is 22.7 Å². The Balaban J connectivity index is 1.77. The monoisotopic (exact) mass is 482 g/mol. The van der Waals surface area contributed by atoms with Gasteiger partial charge in [-0.2, -0.15) is 0 Å². The van der Waals surface area contributed by atoms with Crippen LogP contribution in [0.3, 0.4) is 0 Å². The van der Waals surface area contributed by atoms with Gasteiger partial charge in [-0.1, -0.05) is 0 Å². The zero-order valence-corrected chi connectivity index (χ0v) is 21.3. The zero-order chi connectivity index (χ0) is 23.6. The fourth-order valence-corrected chi connectivity index (χ4v) is 7.58. The molecule has 0 unspecified atom stereocenters. The number of carbonyl (C=O) groups is 2. The van der Waals surface area contributed by atoms with E-state index in [4.69, 9.17) is 9.47 Å². The molecule has 5 rings (SSSR count). The van der Waals surface area contributed by atoms with Crippen LogP contribution in [0.1, 0.15) is 61.1 Å². The molecule has 0 amide bonds. The van der Waals surface area contributed by atoms with Crippen molar-refractivity contribution in [1.29, 1.82) is 0 Å². The van der Waals surface area contributed by atoms with Crippen molar-refractivity contribution in [1.82, 2.24) is 9.13 Å². The molecule has 0 saturated heterocycles. The van der Waals surface area contributed by atoms with Gasteiger partial charge in [-0.3, -0.25) is 0 Å².